The molecular formula is C29H28Cl2F2N2O7S2. The lowest BCUT2D eigenvalue weighted by atomic mass is 10.0. The molecule has 1 saturated heterocycles. The Morgan fingerprint density at radius 1 is 1.09 bits per heavy atom. The van der Waals surface area contributed by atoms with Crippen molar-refractivity contribution < 1.29 is 40.9 Å². The van der Waals surface area contributed by atoms with Crippen LogP contribution in [-0.4, -0.2) is 49.6 Å². The first-order valence-electron chi connectivity index (χ1n) is 13.6. The van der Waals surface area contributed by atoms with Crippen molar-refractivity contribution in [2.24, 2.45) is 5.92 Å². The molecule has 2 aliphatic rings. The molecule has 1 saturated carbocycles. The highest BCUT2D eigenvalue weighted by atomic mass is 35.5. The first-order valence-corrected chi connectivity index (χ1v) is 17.1. The van der Waals surface area contributed by atoms with Crippen LogP contribution in [0, 0.1) is 11.1 Å². The molecule has 2 fully saturated rings. The number of hydrogen-bond donors (Lipinski definition) is 0. The summed E-state index contributed by atoms with van der Waals surface area (Å²) in [5.41, 5.74) is 1.20. The number of alkyl halides is 2. The molecule has 1 aliphatic heterocycles. The van der Waals surface area contributed by atoms with Crippen LogP contribution in [0.25, 0.3) is 0 Å². The zero-order chi connectivity index (χ0) is 31.4. The molecular weight excluding hydrogens is 661 g/mol. The standard InChI is InChI=1S/C29H28Cl2F2N2O7S2/c30-22-14-34(37)15-23(31)21(22)13-25(20-8-9-24(42-29(32)33)26(12-20)40-16-18-6-7-18)41-28(36)27-35(10-11-43-27)44(38,39)17-19-4-2-1-3-5-19/h1-5,8-9,12,14-15,18,25,27,29H,6-7,10-11,13,16-17H2. The molecule has 0 radical (unpaired) electrons. The van der Waals surface area contributed by atoms with Gasteiger partial charge in [0.15, 0.2) is 29.3 Å². The smallest absolute Gasteiger partial charge is 0.387 e. The minimum atomic E-state index is -3.89. The molecule has 2 heterocycles. The van der Waals surface area contributed by atoms with Gasteiger partial charge in [-0.15, -0.1) is 11.8 Å². The molecule has 0 spiro atoms. The number of aromatic nitrogens is 1. The van der Waals surface area contributed by atoms with Crippen LogP contribution < -0.4 is 14.2 Å². The van der Waals surface area contributed by atoms with Crippen molar-refractivity contribution in [1.29, 1.82) is 0 Å². The number of ether oxygens (including phenoxy) is 3. The second-order valence-electron chi connectivity index (χ2n) is 10.3. The molecule has 9 nitrogen and oxygen atoms in total. The number of carbonyl (C=O) groups is 1. The van der Waals surface area contributed by atoms with E-state index in [-0.39, 0.29) is 40.3 Å². The average Bonchev–Trinajstić information content (AvgIpc) is 3.65. The van der Waals surface area contributed by atoms with E-state index in [9.17, 15) is 27.2 Å². The van der Waals surface area contributed by atoms with Crippen LogP contribution in [-0.2, 0) is 31.7 Å². The van der Waals surface area contributed by atoms with Crippen molar-refractivity contribution in [1.82, 2.24) is 4.31 Å². The van der Waals surface area contributed by atoms with E-state index in [1.54, 1.807) is 30.3 Å². The lowest BCUT2D eigenvalue weighted by Crippen LogP contribution is -2.41. The molecule has 0 N–H and O–H groups in total. The van der Waals surface area contributed by atoms with Crippen LogP contribution >= 0.6 is 35.0 Å². The maximum atomic E-state index is 13.6. The van der Waals surface area contributed by atoms with Crippen LogP contribution in [0.5, 0.6) is 11.5 Å². The predicted octanol–water partition coefficient (Wildman–Crippen LogP) is 5.75. The lowest BCUT2D eigenvalue weighted by molar-refractivity contribution is -0.605. The molecule has 0 bridgehead atoms. The summed E-state index contributed by atoms with van der Waals surface area (Å²) in [6.45, 7) is -2.69. The van der Waals surface area contributed by atoms with Crippen LogP contribution in [0.3, 0.4) is 0 Å². The van der Waals surface area contributed by atoms with Gasteiger partial charge in [0.1, 0.15) is 16.1 Å². The summed E-state index contributed by atoms with van der Waals surface area (Å²) in [7, 11) is -3.89. The number of rotatable bonds is 13. The second kappa shape index (κ2) is 14.1. The molecule has 2 unspecified atom stereocenters. The van der Waals surface area contributed by atoms with Gasteiger partial charge < -0.3 is 19.4 Å². The first-order chi connectivity index (χ1) is 21.0. The van der Waals surface area contributed by atoms with E-state index < -0.39 is 34.1 Å². The van der Waals surface area contributed by atoms with Gasteiger partial charge in [0.25, 0.3) is 0 Å². The van der Waals surface area contributed by atoms with E-state index >= 15 is 0 Å². The number of nitrogens with zero attached hydrogens (tertiary/aromatic N) is 2. The molecule has 0 amide bonds. The van der Waals surface area contributed by atoms with E-state index in [4.69, 9.17) is 32.7 Å². The molecule has 1 aromatic heterocycles. The van der Waals surface area contributed by atoms with Crippen LogP contribution in [0.1, 0.15) is 35.6 Å². The Bertz CT molecular complexity index is 1570. The summed E-state index contributed by atoms with van der Waals surface area (Å²) in [6.07, 6.45) is 2.86. The summed E-state index contributed by atoms with van der Waals surface area (Å²) >= 11 is 13.8. The maximum absolute atomic E-state index is 13.6. The lowest BCUT2D eigenvalue weighted by Gasteiger charge is -2.26. The SMILES string of the molecule is O=C(OC(Cc1c(Cl)c[n+]([O-])cc1Cl)c1ccc(OC(F)F)c(OCC2CC2)c1)C1SCCN1S(=O)(=O)Cc1ccccc1. The number of esters is 1. The average molecular weight is 690 g/mol. The van der Waals surface area contributed by atoms with Gasteiger partial charge in [0.05, 0.1) is 12.4 Å². The van der Waals surface area contributed by atoms with Gasteiger partial charge >= 0.3 is 12.6 Å². The summed E-state index contributed by atoms with van der Waals surface area (Å²) < 4.78 is 70.9. The molecule has 3 aromatic rings. The minimum Gasteiger partial charge on any atom is -0.619 e. The number of hydrogen-bond acceptors (Lipinski definition) is 8. The van der Waals surface area contributed by atoms with Crippen molar-refractivity contribution in [3.63, 3.8) is 0 Å². The number of pyridine rings is 1. The predicted molar refractivity (Wildman–Crippen MR) is 161 cm³/mol. The highest BCUT2D eigenvalue weighted by molar-refractivity contribution is 8.01. The quantitative estimate of drug-likeness (QED) is 0.127. The van der Waals surface area contributed by atoms with Crippen molar-refractivity contribution in [3.8, 4) is 11.5 Å². The van der Waals surface area contributed by atoms with Gasteiger partial charge in [-0.3, -0.25) is 0 Å². The monoisotopic (exact) mass is 688 g/mol. The third-order valence-electron chi connectivity index (χ3n) is 7.03. The Labute approximate surface area is 267 Å². The van der Waals surface area contributed by atoms with Gasteiger partial charge in [-0.05, 0) is 42.0 Å². The Hall–Kier alpha value is -2.84. The highest BCUT2D eigenvalue weighted by Gasteiger charge is 2.41. The zero-order valence-corrected chi connectivity index (χ0v) is 26.3. The van der Waals surface area contributed by atoms with Crippen LogP contribution in [0.2, 0.25) is 10.0 Å². The van der Waals surface area contributed by atoms with Gasteiger partial charge in [-0.25, -0.2) is 13.2 Å². The Kier molecular flexibility index (Phi) is 10.4. The fourth-order valence-corrected chi connectivity index (χ4v) is 8.46. The largest absolute Gasteiger partial charge is 0.619 e. The third-order valence-corrected chi connectivity index (χ3v) is 10.8. The second-order valence-corrected chi connectivity index (χ2v) is 14.3. The highest BCUT2D eigenvalue weighted by Crippen LogP contribution is 2.39. The van der Waals surface area contributed by atoms with E-state index in [0.29, 0.717) is 39.7 Å². The van der Waals surface area contributed by atoms with E-state index in [2.05, 4.69) is 4.74 Å². The molecule has 2 atom stereocenters. The van der Waals surface area contributed by atoms with Crippen molar-refractivity contribution >= 4 is 51.0 Å². The van der Waals surface area contributed by atoms with E-state index in [0.717, 1.165) is 41.3 Å². The molecule has 2 aromatic carbocycles. The summed E-state index contributed by atoms with van der Waals surface area (Å²) in [5.74, 6) is -0.612. The molecule has 236 valence electrons. The van der Waals surface area contributed by atoms with Crippen molar-refractivity contribution in [2.75, 3.05) is 18.9 Å². The van der Waals surface area contributed by atoms with E-state index in [1.807, 2.05) is 0 Å². The topological polar surface area (TPSA) is 109 Å². The van der Waals surface area contributed by atoms with Gasteiger partial charge in [-0.2, -0.15) is 17.8 Å². The molecule has 1 aliphatic carbocycles. The normalized spacial score (nSPS) is 17.9. The van der Waals surface area contributed by atoms with Crippen molar-refractivity contribution in [3.05, 3.63) is 92.9 Å². The fourth-order valence-electron chi connectivity index (χ4n) is 4.65. The molecule has 5 rings (SSSR count). The Morgan fingerprint density at radius 3 is 2.45 bits per heavy atom. The summed E-state index contributed by atoms with van der Waals surface area (Å²) in [4.78, 5) is 13.6. The van der Waals surface area contributed by atoms with Crippen LogP contribution in [0.15, 0.2) is 60.9 Å². The number of sulfonamides is 1. The zero-order valence-electron chi connectivity index (χ0n) is 23.1. The Morgan fingerprint density at radius 2 is 1.80 bits per heavy atom. The number of carbonyl (C=O) groups excluding carboxylic acids is 1. The Balaban J connectivity index is 1.44. The van der Waals surface area contributed by atoms with Crippen molar-refractivity contribution in [2.45, 2.75) is 43.1 Å². The summed E-state index contributed by atoms with van der Waals surface area (Å²) in [6, 6.07) is 12.8. The van der Waals surface area contributed by atoms with Gasteiger partial charge in [0, 0.05) is 24.3 Å². The summed E-state index contributed by atoms with van der Waals surface area (Å²) in [5, 5.41) is 10.7. The first kappa shape index (κ1) is 32.6. The molecule has 15 heteroatoms. The minimum absolute atomic E-state index is 0.0127. The fraction of sp³-hybridized carbons (Fsp3) is 0.379. The van der Waals surface area contributed by atoms with Gasteiger partial charge in [-0.1, -0.05) is 59.6 Å². The maximum Gasteiger partial charge on any atom is 0.387 e. The number of halogens is 4. The number of thioether (sulfide) groups is 1. The van der Waals surface area contributed by atoms with Gasteiger partial charge in [0.2, 0.25) is 10.0 Å². The molecule has 44 heavy (non-hydrogen) atoms. The third kappa shape index (κ3) is 8.25. The van der Waals surface area contributed by atoms with E-state index in [1.165, 1.54) is 18.2 Å². The van der Waals surface area contributed by atoms with Crippen LogP contribution in [0.4, 0.5) is 8.78 Å². The number of benzene rings is 2.